The summed E-state index contributed by atoms with van der Waals surface area (Å²) < 4.78 is 0. The second-order valence-corrected chi connectivity index (χ2v) is 8.17. The van der Waals surface area contributed by atoms with Gasteiger partial charge in [-0.25, -0.2) is 9.98 Å². The number of benzene rings is 3. The van der Waals surface area contributed by atoms with Gasteiger partial charge in [0.1, 0.15) is 0 Å². The number of aryl methyl sites for hydroxylation is 1. The number of nitrogens with zero attached hydrogens (tertiary/aromatic N) is 2. The Kier molecular flexibility index (Phi) is 4.72. The molecule has 0 amide bonds. The highest BCUT2D eigenvalue weighted by atomic mass is 35.5. The normalized spacial score (nSPS) is 15.9. The van der Waals surface area contributed by atoms with E-state index in [1.165, 1.54) is 10.8 Å². The lowest BCUT2D eigenvalue weighted by molar-refractivity contribution is 1.05. The van der Waals surface area contributed by atoms with E-state index < -0.39 is 0 Å². The molecule has 5 rings (SSSR count). The van der Waals surface area contributed by atoms with Crippen LogP contribution in [0.5, 0.6) is 0 Å². The van der Waals surface area contributed by atoms with Gasteiger partial charge in [0.15, 0.2) is 5.82 Å². The maximum absolute atomic E-state index is 6.64. The fraction of sp³-hybridized carbons (Fsp3) is 0.111. The van der Waals surface area contributed by atoms with Crippen LogP contribution in [0.15, 0.2) is 90.1 Å². The number of hydrogen-bond acceptors (Lipinski definition) is 2. The van der Waals surface area contributed by atoms with Crippen molar-refractivity contribution >= 4 is 38.9 Å². The lowest BCUT2D eigenvalue weighted by Crippen LogP contribution is -2.02. The third-order valence-corrected chi connectivity index (χ3v) is 6.11. The molecule has 0 bridgehead atoms. The van der Waals surface area contributed by atoms with Crippen molar-refractivity contribution in [2.75, 3.05) is 0 Å². The number of hydrogen-bond donors (Lipinski definition) is 0. The molecular weight excluding hydrogens is 388 g/mol. The number of fused-ring (bicyclic) bond motifs is 2. The lowest BCUT2D eigenvalue weighted by atomic mass is 9.95. The Labute approximate surface area is 181 Å². The van der Waals surface area contributed by atoms with Gasteiger partial charge >= 0.3 is 0 Å². The summed E-state index contributed by atoms with van der Waals surface area (Å²) in [4.78, 5) is 9.41. The molecule has 0 N–H and O–H groups in total. The monoisotopic (exact) mass is 408 g/mol. The summed E-state index contributed by atoms with van der Waals surface area (Å²) in [5.41, 5.74) is 6.55. The molecule has 0 saturated carbocycles. The predicted molar refractivity (Wildman–Crippen MR) is 128 cm³/mol. The Morgan fingerprint density at radius 2 is 1.67 bits per heavy atom. The van der Waals surface area contributed by atoms with Crippen molar-refractivity contribution in [3.8, 4) is 11.1 Å². The Hall–Kier alpha value is -3.23. The fourth-order valence-electron chi connectivity index (χ4n) is 4.00. The molecule has 0 aliphatic carbocycles. The van der Waals surface area contributed by atoms with Crippen molar-refractivity contribution in [1.82, 2.24) is 4.98 Å². The molecule has 0 fully saturated rings. The highest BCUT2D eigenvalue weighted by Gasteiger charge is 2.24. The number of allylic oxidation sites excluding steroid dienone is 1. The van der Waals surface area contributed by atoms with E-state index >= 15 is 0 Å². The zero-order valence-electron chi connectivity index (χ0n) is 16.9. The zero-order chi connectivity index (χ0) is 20.7. The van der Waals surface area contributed by atoms with E-state index in [4.69, 9.17) is 16.6 Å². The van der Waals surface area contributed by atoms with E-state index in [2.05, 4.69) is 73.4 Å². The first kappa shape index (κ1) is 18.8. The molecule has 0 radical (unpaired) electrons. The molecule has 146 valence electrons. The van der Waals surface area contributed by atoms with Crippen LogP contribution in [0.25, 0.3) is 26.9 Å². The van der Waals surface area contributed by atoms with Crippen LogP contribution in [0.3, 0.4) is 0 Å². The van der Waals surface area contributed by atoms with E-state index in [1.54, 1.807) is 0 Å². The molecule has 1 aromatic heterocycles. The number of rotatable bonds is 3. The Balaban J connectivity index is 1.48. The SMILES string of the molecule is Cc1ccccc1/C(Cl)=C\C1=Nc2ncc(-c3ccc4ccccc4c3)cc2C1C. The third-order valence-electron chi connectivity index (χ3n) is 5.80. The van der Waals surface area contributed by atoms with Gasteiger partial charge in [0.05, 0.1) is 5.71 Å². The largest absolute Gasteiger partial charge is 0.236 e. The Bertz CT molecular complexity index is 1330. The van der Waals surface area contributed by atoms with Crippen LogP contribution in [-0.4, -0.2) is 10.7 Å². The van der Waals surface area contributed by atoms with Crippen LogP contribution in [0.1, 0.15) is 29.5 Å². The van der Waals surface area contributed by atoms with Gasteiger partial charge in [-0.05, 0) is 52.6 Å². The molecule has 3 heteroatoms. The Morgan fingerprint density at radius 1 is 0.900 bits per heavy atom. The number of aromatic nitrogens is 1. The molecule has 1 unspecified atom stereocenters. The molecule has 0 spiro atoms. The van der Waals surface area contributed by atoms with Gasteiger partial charge in [0.25, 0.3) is 0 Å². The zero-order valence-corrected chi connectivity index (χ0v) is 17.7. The van der Waals surface area contributed by atoms with E-state index in [9.17, 15) is 0 Å². The molecule has 4 aromatic rings. The van der Waals surface area contributed by atoms with Gasteiger partial charge in [-0.3, -0.25) is 0 Å². The minimum Gasteiger partial charge on any atom is -0.236 e. The average Bonchev–Trinajstić information content (AvgIpc) is 3.08. The maximum atomic E-state index is 6.64. The van der Waals surface area contributed by atoms with Crippen LogP contribution in [-0.2, 0) is 0 Å². The second-order valence-electron chi connectivity index (χ2n) is 7.76. The van der Waals surface area contributed by atoms with Crippen molar-refractivity contribution < 1.29 is 0 Å². The smallest absolute Gasteiger partial charge is 0.155 e. The van der Waals surface area contributed by atoms with Crippen molar-refractivity contribution in [3.05, 3.63) is 102 Å². The summed E-state index contributed by atoms with van der Waals surface area (Å²) in [5.74, 6) is 0.929. The molecular formula is C27H21ClN2. The van der Waals surface area contributed by atoms with Crippen molar-refractivity contribution in [1.29, 1.82) is 0 Å². The van der Waals surface area contributed by atoms with Crippen molar-refractivity contribution in [2.45, 2.75) is 19.8 Å². The summed E-state index contributed by atoms with van der Waals surface area (Å²) in [6.07, 6.45) is 3.89. The number of pyridine rings is 1. The van der Waals surface area contributed by atoms with Gasteiger partial charge in [0.2, 0.25) is 0 Å². The highest BCUT2D eigenvalue weighted by Crippen LogP contribution is 2.38. The summed E-state index contributed by atoms with van der Waals surface area (Å²) in [5, 5.41) is 3.18. The minimum absolute atomic E-state index is 0.144. The van der Waals surface area contributed by atoms with Crippen molar-refractivity contribution in [3.63, 3.8) is 0 Å². The first-order chi connectivity index (χ1) is 14.6. The van der Waals surface area contributed by atoms with E-state index in [0.29, 0.717) is 5.03 Å². The van der Waals surface area contributed by atoms with Gasteiger partial charge < -0.3 is 0 Å². The average molecular weight is 409 g/mol. The molecule has 0 saturated heterocycles. The van der Waals surface area contributed by atoms with E-state index in [0.717, 1.165) is 39.3 Å². The third kappa shape index (κ3) is 3.34. The van der Waals surface area contributed by atoms with E-state index in [-0.39, 0.29) is 5.92 Å². The van der Waals surface area contributed by atoms with E-state index in [1.807, 2.05) is 30.5 Å². The fourth-order valence-corrected chi connectivity index (χ4v) is 4.32. The van der Waals surface area contributed by atoms with Gasteiger partial charge in [0, 0.05) is 28.3 Å². The minimum atomic E-state index is 0.144. The summed E-state index contributed by atoms with van der Waals surface area (Å²) >= 11 is 6.64. The molecule has 3 aromatic carbocycles. The second kappa shape index (κ2) is 7.55. The molecule has 1 aliphatic rings. The topological polar surface area (TPSA) is 25.2 Å². The highest BCUT2D eigenvalue weighted by molar-refractivity contribution is 6.50. The van der Waals surface area contributed by atoms with Gasteiger partial charge in [-0.2, -0.15) is 0 Å². The Morgan fingerprint density at radius 3 is 2.50 bits per heavy atom. The summed E-state index contributed by atoms with van der Waals surface area (Å²) in [7, 11) is 0. The van der Waals surface area contributed by atoms with Crippen LogP contribution in [0.2, 0.25) is 0 Å². The quantitative estimate of drug-likeness (QED) is 0.341. The number of halogens is 1. The van der Waals surface area contributed by atoms with Crippen LogP contribution < -0.4 is 0 Å². The van der Waals surface area contributed by atoms with Crippen molar-refractivity contribution in [2.24, 2.45) is 4.99 Å². The number of aliphatic imine (C=N–C) groups is 1. The maximum Gasteiger partial charge on any atom is 0.155 e. The van der Waals surface area contributed by atoms with Gasteiger partial charge in [-0.15, -0.1) is 0 Å². The lowest BCUT2D eigenvalue weighted by Gasteiger charge is -2.09. The first-order valence-corrected chi connectivity index (χ1v) is 10.5. The summed E-state index contributed by atoms with van der Waals surface area (Å²) in [6.45, 7) is 4.23. The molecule has 1 aliphatic heterocycles. The molecule has 1 atom stereocenters. The molecule has 2 nitrogen and oxygen atoms in total. The van der Waals surface area contributed by atoms with Gasteiger partial charge in [-0.1, -0.05) is 79.2 Å². The van der Waals surface area contributed by atoms with Crippen LogP contribution >= 0.6 is 11.6 Å². The standard InChI is InChI=1S/C27H21ClN2/c1-17-7-3-6-10-23(17)25(28)15-26-18(2)24-14-22(16-29-27(24)30-26)21-12-11-19-8-4-5-9-20(19)13-21/h3-16,18H,1-2H3/b25-15+. The molecule has 2 heterocycles. The molecule has 30 heavy (non-hydrogen) atoms. The van der Waals surface area contributed by atoms with Crippen LogP contribution in [0.4, 0.5) is 5.82 Å². The predicted octanol–water partition coefficient (Wildman–Crippen LogP) is 7.68. The van der Waals surface area contributed by atoms with Crippen LogP contribution in [0, 0.1) is 6.92 Å². The first-order valence-electron chi connectivity index (χ1n) is 10.1. The summed E-state index contributed by atoms with van der Waals surface area (Å²) in [6, 6.07) is 25.3.